The molecule has 1 heterocycles. The van der Waals surface area contributed by atoms with E-state index in [1.165, 1.54) is 28.6 Å². The van der Waals surface area contributed by atoms with Gasteiger partial charge >= 0.3 is 0 Å². The molecule has 30 heavy (non-hydrogen) atoms. The van der Waals surface area contributed by atoms with Crippen molar-refractivity contribution in [3.63, 3.8) is 0 Å². The van der Waals surface area contributed by atoms with E-state index < -0.39 is 22.0 Å². The van der Waals surface area contributed by atoms with Crippen LogP contribution >= 0.6 is 11.6 Å². The molecule has 0 radical (unpaired) electrons. The molecule has 2 atom stereocenters. The van der Waals surface area contributed by atoms with Crippen molar-refractivity contribution in [3.8, 4) is 0 Å². The highest BCUT2D eigenvalue weighted by molar-refractivity contribution is 7.89. The van der Waals surface area contributed by atoms with Crippen LogP contribution in [-0.4, -0.2) is 43.7 Å². The fourth-order valence-corrected chi connectivity index (χ4v) is 4.95. The van der Waals surface area contributed by atoms with Crippen LogP contribution in [-0.2, 0) is 19.6 Å². The molecule has 0 aliphatic carbocycles. The van der Waals surface area contributed by atoms with Crippen LogP contribution in [0, 0.1) is 5.92 Å². The summed E-state index contributed by atoms with van der Waals surface area (Å²) in [5.74, 6) is -1.19. The largest absolute Gasteiger partial charge is 0.344 e. The van der Waals surface area contributed by atoms with Gasteiger partial charge in [-0.2, -0.15) is 4.31 Å². The summed E-state index contributed by atoms with van der Waals surface area (Å²) < 4.78 is 27.1. The number of nitrogens with one attached hydrogen (secondary N) is 2. The van der Waals surface area contributed by atoms with E-state index in [1.807, 2.05) is 6.07 Å². The third-order valence-electron chi connectivity index (χ3n) is 5.00. The molecule has 2 unspecified atom stereocenters. The topological polar surface area (TPSA) is 95.6 Å². The summed E-state index contributed by atoms with van der Waals surface area (Å²) >= 11 is 5.84. The van der Waals surface area contributed by atoms with Gasteiger partial charge in [-0.3, -0.25) is 9.59 Å². The highest BCUT2D eigenvalue weighted by Crippen LogP contribution is 2.25. The normalized spacial score (nSPS) is 18.4. The van der Waals surface area contributed by atoms with E-state index in [0.29, 0.717) is 30.1 Å². The molecular weight excluding hydrogens is 426 g/mol. The molecule has 1 saturated heterocycles. The Morgan fingerprint density at radius 2 is 1.77 bits per heavy atom. The molecule has 2 amide bonds. The molecule has 1 aliphatic heterocycles. The fourth-order valence-electron chi connectivity index (χ4n) is 3.30. The van der Waals surface area contributed by atoms with Gasteiger partial charge in [0.15, 0.2) is 0 Å². The zero-order valence-electron chi connectivity index (χ0n) is 16.5. The summed E-state index contributed by atoms with van der Waals surface area (Å²) in [6.07, 6.45) is 1.13. The Balaban J connectivity index is 1.61. The van der Waals surface area contributed by atoms with E-state index in [1.54, 1.807) is 31.2 Å². The number of para-hydroxylation sites is 1. The van der Waals surface area contributed by atoms with Crippen LogP contribution in [0.25, 0.3) is 0 Å². The van der Waals surface area contributed by atoms with Gasteiger partial charge in [0, 0.05) is 23.8 Å². The van der Waals surface area contributed by atoms with Crippen LogP contribution in [0.1, 0.15) is 19.8 Å². The maximum Gasteiger partial charge on any atom is 0.246 e. The number of hydrogen-bond donors (Lipinski definition) is 2. The lowest BCUT2D eigenvalue weighted by atomic mass is 9.98. The summed E-state index contributed by atoms with van der Waals surface area (Å²) in [4.78, 5) is 25.2. The van der Waals surface area contributed by atoms with E-state index >= 15 is 0 Å². The Hall–Kier alpha value is -2.42. The quantitative estimate of drug-likeness (QED) is 0.708. The highest BCUT2D eigenvalue weighted by Gasteiger charge is 2.34. The first-order chi connectivity index (χ1) is 14.3. The van der Waals surface area contributed by atoms with Gasteiger partial charge in [0.1, 0.15) is 6.04 Å². The van der Waals surface area contributed by atoms with Crippen molar-refractivity contribution < 1.29 is 18.0 Å². The predicted molar refractivity (Wildman–Crippen MR) is 116 cm³/mol. The molecule has 3 rings (SSSR count). The zero-order chi connectivity index (χ0) is 21.7. The molecule has 2 aromatic rings. The average molecular weight is 450 g/mol. The molecule has 160 valence electrons. The van der Waals surface area contributed by atoms with Gasteiger partial charge in [0.2, 0.25) is 21.8 Å². The van der Waals surface area contributed by atoms with Crippen LogP contribution in [0.2, 0.25) is 5.02 Å². The number of piperidine rings is 1. The van der Waals surface area contributed by atoms with Crippen LogP contribution in [0.4, 0.5) is 5.69 Å². The average Bonchev–Trinajstić information content (AvgIpc) is 2.74. The van der Waals surface area contributed by atoms with Crippen molar-refractivity contribution in [2.45, 2.75) is 30.7 Å². The predicted octanol–water partition coefficient (Wildman–Crippen LogP) is 2.88. The second-order valence-corrected chi connectivity index (χ2v) is 9.62. The smallest absolute Gasteiger partial charge is 0.246 e. The van der Waals surface area contributed by atoms with Gasteiger partial charge in [-0.15, -0.1) is 0 Å². The van der Waals surface area contributed by atoms with Crippen molar-refractivity contribution >= 4 is 39.1 Å². The van der Waals surface area contributed by atoms with Crippen molar-refractivity contribution in [3.05, 3.63) is 59.6 Å². The fraction of sp³-hybridized carbons (Fsp3) is 0.333. The lowest BCUT2D eigenvalue weighted by molar-refractivity contribution is -0.129. The summed E-state index contributed by atoms with van der Waals surface area (Å²) in [5, 5.41) is 5.89. The van der Waals surface area contributed by atoms with Gasteiger partial charge in [-0.25, -0.2) is 8.42 Å². The summed E-state index contributed by atoms with van der Waals surface area (Å²) in [6, 6.07) is 14.2. The zero-order valence-corrected chi connectivity index (χ0v) is 18.1. The summed E-state index contributed by atoms with van der Waals surface area (Å²) in [7, 11) is -3.72. The number of anilines is 1. The molecule has 0 spiro atoms. The second-order valence-electron chi connectivity index (χ2n) is 7.24. The van der Waals surface area contributed by atoms with E-state index in [2.05, 4.69) is 10.6 Å². The van der Waals surface area contributed by atoms with E-state index in [9.17, 15) is 18.0 Å². The maximum absolute atomic E-state index is 12.9. The Labute approximate surface area is 181 Å². The van der Waals surface area contributed by atoms with Crippen molar-refractivity contribution in [1.82, 2.24) is 9.62 Å². The number of amides is 2. The van der Waals surface area contributed by atoms with E-state index in [0.717, 1.165) is 0 Å². The maximum atomic E-state index is 12.9. The Bertz CT molecular complexity index is 997. The van der Waals surface area contributed by atoms with Gasteiger partial charge in [-0.1, -0.05) is 29.8 Å². The van der Waals surface area contributed by atoms with Gasteiger partial charge < -0.3 is 10.6 Å². The number of carbonyl (C=O) groups excluding carboxylic acids is 2. The summed E-state index contributed by atoms with van der Waals surface area (Å²) in [5.41, 5.74) is 0.640. The molecule has 2 N–H and O–H groups in total. The van der Waals surface area contributed by atoms with E-state index in [-0.39, 0.29) is 23.3 Å². The van der Waals surface area contributed by atoms with Crippen LogP contribution < -0.4 is 10.6 Å². The van der Waals surface area contributed by atoms with E-state index in [4.69, 9.17) is 11.6 Å². The van der Waals surface area contributed by atoms with Gasteiger partial charge in [0.25, 0.3) is 0 Å². The number of hydrogen-bond acceptors (Lipinski definition) is 4. The number of halogens is 1. The van der Waals surface area contributed by atoms with Crippen LogP contribution in [0.15, 0.2) is 59.5 Å². The molecule has 0 aromatic heterocycles. The number of rotatable bonds is 6. The lowest BCUT2D eigenvalue weighted by Crippen LogP contribution is -2.49. The van der Waals surface area contributed by atoms with Gasteiger partial charge in [0.05, 0.1) is 10.8 Å². The summed E-state index contributed by atoms with van der Waals surface area (Å²) in [6.45, 7) is 2.02. The van der Waals surface area contributed by atoms with Crippen molar-refractivity contribution in [2.24, 2.45) is 5.92 Å². The minimum absolute atomic E-state index is 0.0732. The van der Waals surface area contributed by atoms with Crippen LogP contribution in [0.5, 0.6) is 0 Å². The second kappa shape index (κ2) is 9.59. The molecule has 7 nitrogen and oxygen atoms in total. The SMILES string of the molecule is CC(NC(=O)C1CCCN(S(=O)(=O)c2ccc(Cl)cc2)C1)C(=O)Nc1ccccc1. The Morgan fingerprint density at radius 3 is 2.43 bits per heavy atom. The Kier molecular flexibility index (Phi) is 7.12. The number of nitrogens with zero attached hydrogens (tertiary/aromatic N) is 1. The molecule has 1 fully saturated rings. The van der Waals surface area contributed by atoms with Crippen molar-refractivity contribution in [1.29, 1.82) is 0 Å². The lowest BCUT2D eigenvalue weighted by Gasteiger charge is -2.31. The standard InChI is InChI=1S/C21H24ClN3O4S/c1-15(20(26)24-18-7-3-2-4-8-18)23-21(27)16-6-5-13-25(14-16)30(28,29)19-11-9-17(22)10-12-19/h2-4,7-12,15-16H,5-6,13-14H2,1H3,(H,23,27)(H,24,26). The molecule has 2 aromatic carbocycles. The Morgan fingerprint density at radius 1 is 1.10 bits per heavy atom. The first-order valence-corrected chi connectivity index (χ1v) is 11.5. The number of carbonyl (C=O) groups is 2. The van der Waals surface area contributed by atoms with Gasteiger partial charge in [-0.05, 0) is 56.2 Å². The minimum atomic E-state index is -3.72. The molecule has 0 saturated carbocycles. The number of sulfonamides is 1. The van der Waals surface area contributed by atoms with Crippen LogP contribution in [0.3, 0.4) is 0 Å². The van der Waals surface area contributed by atoms with Crippen molar-refractivity contribution in [2.75, 3.05) is 18.4 Å². The first kappa shape index (κ1) is 22.3. The third-order valence-corrected chi connectivity index (χ3v) is 7.13. The minimum Gasteiger partial charge on any atom is -0.344 e. The molecular formula is C21H24ClN3O4S. The molecule has 0 bridgehead atoms. The molecule has 9 heteroatoms. The number of benzene rings is 2. The first-order valence-electron chi connectivity index (χ1n) is 9.69. The highest BCUT2D eigenvalue weighted by atomic mass is 35.5. The monoisotopic (exact) mass is 449 g/mol. The molecule has 1 aliphatic rings. The third kappa shape index (κ3) is 5.38.